The van der Waals surface area contributed by atoms with Crippen LogP contribution < -0.4 is 5.73 Å². The van der Waals surface area contributed by atoms with Crippen molar-refractivity contribution >= 4 is 17.9 Å². The zero-order valence-electron chi connectivity index (χ0n) is 7.73. The van der Waals surface area contributed by atoms with Crippen LogP contribution in [0.25, 0.3) is 0 Å². The molecule has 0 bridgehead atoms. The smallest absolute Gasteiger partial charge is 0.426 e. The minimum absolute atomic E-state index is 0.0834. The average Bonchev–Trinajstić information content (AvgIpc) is 1.80. The van der Waals surface area contributed by atoms with Gasteiger partial charge in [-0.25, -0.2) is 4.79 Å². The third kappa shape index (κ3) is 6.79. The fourth-order valence-electron chi connectivity index (χ4n) is 0.570. The van der Waals surface area contributed by atoms with Gasteiger partial charge in [-0.1, -0.05) is 0 Å². The molecule has 0 aromatic carbocycles. The highest BCUT2D eigenvalue weighted by Crippen LogP contribution is 1.96. The van der Waals surface area contributed by atoms with Gasteiger partial charge in [-0.05, 0) is 6.92 Å². The lowest BCUT2D eigenvalue weighted by molar-refractivity contribution is -0.161. The molecule has 1 atom stereocenters. The van der Waals surface area contributed by atoms with Crippen LogP contribution in [0, 0.1) is 0 Å². The summed E-state index contributed by atoms with van der Waals surface area (Å²) < 4.78 is 9.03. The predicted molar refractivity (Wildman–Crippen MR) is 45.0 cm³/mol. The third-order valence-corrected chi connectivity index (χ3v) is 0.866. The van der Waals surface area contributed by atoms with E-state index in [1.54, 1.807) is 0 Å². The maximum Gasteiger partial charge on any atom is 0.438 e. The van der Waals surface area contributed by atoms with E-state index in [4.69, 9.17) is 5.73 Å². The topological polar surface area (TPSA) is 91.0 Å². The van der Waals surface area contributed by atoms with E-state index in [0.717, 1.165) is 0 Å². The summed E-state index contributed by atoms with van der Waals surface area (Å²) in [5.74, 6) is -0.450. The zero-order chi connectivity index (χ0) is 10.4. The quantitative estimate of drug-likeness (QED) is 0.293. The molecule has 6 heteroatoms. The number of nitrogens with zero attached hydrogens (tertiary/aromatic N) is 1. The number of carbonyl (C=O) groups is 2. The SMILES string of the molecule is CC(=O)OC(C)OC(=O)/N=C(\C)N. The molecular formula is C7H12N2O4. The van der Waals surface area contributed by atoms with Crippen LogP contribution in [-0.4, -0.2) is 24.2 Å². The largest absolute Gasteiger partial charge is 0.438 e. The first-order valence-electron chi connectivity index (χ1n) is 3.60. The van der Waals surface area contributed by atoms with Crippen LogP contribution in [0.1, 0.15) is 20.8 Å². The second kappa shape index (κ2) is 5.13. The predicted octanol–water partition coefficient (Wildman–Crippen LogP) is 0.409. The number of ether oxygens (including phenoxy) is 2. The summed E-state index contributed by atoms with van der Waals surface area (Å²) in [4.78, 5) is 24.4. The number of hydrogen-bond donors (Lipinski definition) is 1. The van der Waals surface area contributed by atoms with Crippen molar-refractivity contribution in [3.63, 3.8) is 0 Å². The first kappa shape index (κ1) is 11.4. The summed E-state index contributed by atoms with van der Waals surface area (Å²) in [6.07, 6.45) is -1.83. The fraction of sp³-hybridized carbons (Fsp3) is 0.571. The van der Waals surface area contributed by atoms with Gasteiger partial charge in [0.1, 0.15) is 5.84 Å². The molecule has 0 aromatic heterocycles. The molecule has 0 spiro atoms. The Kier molecular flexibility index (Phi) is 4.50. The van der Waals surface area contributed by atoms with Gasteiger partial charge in [-0.3, -0.25) is 4.79 Å². The Labute approximate surface area is 75.7 Å². The van der Waals surface area contributed by atoms with Crippen molar-refractivity contribution in [1.29, 1.82) is 0 Å². The molecule has 0 aromatic rings. The Morgan fingerprint density at radius 1 is 1.31 bits per heavy atom. The average molecular weight is 188 g/mol. The summed E-state index contributed by atoms with van der Waals surface area (Å²) in [5, 5.41) is 0. The number of aliphatic imine (C=N–C) groups is 1. The second-order valence-corrected chi connectivity index (χ2v) is 2.31. The van der Waals surface area contributed by atoms with Gasteiger partial charge < -0.3 is 15.2 Å². The van der Waals surface area contributed by atoms with Crippen molar-refractivity contribution in [2.45, 2.75) is 27.1 Å². The van der Waals surface area contributed by atoms with Crippen LogP contribution in [0.15, 0.2) is 4.99 Å². The Morgan fingerprint density at radius 3 is 2.23 bits per heavy atom. The third-order valence-electron chi connectivity index (χ3n) is 0.866. The molecule has 1 unspecified atom stereocenters. The van der Waals surface area contributed by atoms with Crippen molar-refractivity contribution < 1.29 is 19.1 Å². The molecule has 13 heavy (non-hydrogen) atoms. The molecule has 0 aliphatic carbocycles. The number of carbonyl (C=O) groups excluding carboxylic acids is 2. The monoisotopic (exact) mass is 188 g/mol. The molecule has 6 nitrogen and oxygen atoms in total. The first-order chi connectivity index (χ1) is 5.91. The molecule has 0 aliphatic heterocycles. The molecule has 0 saturated heterocycles. The van der Waals surface area contributed by atoms with Crippen molar-refractivity contribution in [2.75, 3.05) is 0 Å². The normalized spacial score (nSPS) is 13.3. The maximum absolute atomic E-state index is 10.8. The molecule has 2 N–H and O–H groups in total. The van der Waals surface area contributed by atoms with Crippen LogP contribution in [0.3, 0.4) is 0 Å². The number of nitrogens with two attached hydrogens (primary N) is 1. The van der Waals surface area contributed by atoms with E-state index >= 15 is 0 Å². The van der Waals surface area contributed by atoms with Gasteiger partial charge in [0.25, 0.3) is 0 Å². The highest BCUT2D eigenvalue weighted by Gasteiger charge is 2.10. The lowest BCUT2D eigenvalue weighted by Gasteiger charge is -2.10. The number of amides is 1. The molecule has 0 rings (SSSR count). The van der Waals surface area contributed by atoms with E-state index in [1.807, 2.05) is 0 Å². The van der Waals surface area contributed by atoms with Crippen LogP contribution in [-0.2, 0) is 14.3 Å². The molecule has 74 valence electrons. The van der Waals surface area contributed by atoms with E-state index in [9.17, 15) is 9.59 Å². The number of rotatable bonds is 2. The second-order valence-electron chi connectivity index (χ2n) is 2.31. The van der Waals surface area contributed by atoms with Gasteiger partial charge in [-0.15, -0.1) is 0 Å². The highest BCUT2D eigenvalue weighted by molar-refractivity contribution is 5.88. The molecule has 0 radical (unpaired) electrons. The van der Waals surface area contributed by atoms with Crippen molar-refractivity contribution in [3.05, 3.63) is 0 Å². The highest BCUT2D eigenvalue weighted by atomic mass is 16.7. The minimum atomic E-state index is -0.951. The molecule has 0 heterocycles. The van der Waals surface area contributed by atoms with Gasteiger partial charge in [0.2, 0.25) is 6.29 Å². The van der Waals surface area contributed by atoms with Crippen LogP contribution in [0.2, 0.25) is 0 Å². The van der Waals surface area contributed by atoms with Crippen molar-refractivity contribution in [3.8, 4) is 0 Å². The van der Waals surface area contributed by atoms with E-state index in [1.165, 1.54) is 20.8 Å². The van der Waals surface area contributed by atoms with E-state index in [0.29, 0.717) is 0 Å². The lowest BCUT2D eigenvalue weighted by atomic mass is 10.7. The summed E-state index contributed by atoms with van der Waals surface area (Å²) in [5.41, 5.74) is 5.11. The van der Waals surface area contributed by atoms with Gasteiger partial charge in [0, 0.05) is 13.8 Å². The van der Waals surface area contributed by atoms with Crippen LogP contribution in [0.4, 0.5) is 4.79 Å². The first-order valence-corrected chi connectivity index (χ1v) is 3.60. The van der Waals surface area contributed by atoms with Gasteiger partial charge in [0.05, 0.1) is 0 Å². The zero-order valence-corrected chi connectivity index (χ0v) is 7.73. The van der Waals surface area contributed by atoms with Gasteiger partial charge >= 0.3 is 12.1 Å². The molecule has 0 saturated carbocycles. The minimum Gasteiger partial charge on any atom is -0.426 e. The Hall–Kier alpha value is -1.59. The Morgan fingerprint density at radius 2 is 1.85 bits per heavy atom. The van der Waals surface area contributed by atoms with E-state index in [-0.39, 0.29) is 5.84 Å². The lowest BCUT2D eigenvalue weighted by Crippen LogP contribution is -2.20. The van der Waals surface area contributed by atoms with Crippen molar-refractivity contribution in [1.82, 2.24) is 0 Å². The Bertz CT molecular complexity index is 233. The standard InChI is InChI=1S/C7H12N2O4/c1-4(8)9-7(11)13-6(3)12-5(2)10/h6H,1-3H3,(H2,8,9,11). The van der Waals surface area contributed by atoms with Crippen molar-refractivity contribution in [2.24, 2.45) is 10.7 Å². The van der Waals surface area contributed by atoms with Gasteiger partial charge in [0.15, 0.2) is 0 Å². The van der Waals surface area contributed by atoms with Crippen LogP contribution in [0.5, 0.6) is 0 Å². The van der Waals surface area contributed by atoms with E-state index < -0.39 is 18.4 Å². The Balaban J connectivity index is 3.92. The summed E-state index contributed by atoms with van der Waals surface area (Å²) in [6, 6.07) is 0. The molecular weight excluding hydrogens is 176 g/mol. The molecule has 0 fully saturated rings. The summed E-state index contributed by atoms with van der Waals surface area (Å²) in [7, 11) is 0. The summed E-state index contributed by atoms with van der Waals surface area (Å²) >= 11 is 0. The summed E-state index contributed by atoms with van der Waals surface area (Å²) in [6.45, 7) is 4.06. The molecule has 1 amide bonds. The number of amidine groups is 1. The number of hydrogen-bond acceptors (Lipinski definition) is 4. The fourth-order valence-corrected chi connectivity index (χ4v) is 0.570. The number of esters is 1. The van der Waals surface area contributed by atoms with E-state index in [2.05, 4.69) is 14.5 Å². The van der Waals surface area contributed by atoms with Crippen LogP contribution >= 0.6 is 0 Å². The maximum atomic E-state index is 10.8. The van der Waals surface area contributed by atoms with Gasteiger partial charge in [-0.2, -0.15) is 4.99 Å². The molecule has 0 aliphatic rings.